The first-order valence-electron chi connectivity index (χ1n) is 6.48. The fraction of sp³-hybridized carbons (Fsp3) is 0.500. The molecule has 0 saturated carbocycles. The number of carbonyl (C=O) groups is 1. The topological polar surface area (TPSA) is 81.5 Å². The summed E-state index contributed by atoms with van der Waals surface area (Å²) in [5.41, 5.74) is -0.0820. The van der Waals surface area contributed by atoms with Crippen molar-refractivity contribution in [3.8, 4) is 0 Å². The second-order valence-electron chi connectivity index (χ2n) is 5.70. The number of halogens is 1. The van der Waals surface area contributed by atoms with Gasteiger partial charge in [-0.2, -0.15) is 0 Å². The molecule has 0 fully saturated rings. The van der Waals surface area contributed by atoms with E-state index in [1.807, 2.05) is 0 Å². The van der Waals surface area contributed by atoms with Crippen molar-refractivity contribution < 1.29 is 14.5 Å². The van der Waals surface area contributed by atoms with Crippen LogP contribution in [-0.2, 0) is 4.74 Å². The number of amides is 1. The summed E-state index contributed by atoms with van der Waals surface area (Å²) in [4.78, 5) is 22.4. The molecular weight excluding hydrogens is 296 g/mol. The quantitative estimate of drug-likeness (QED) is 0.680. The molecule has 1 N–H and O–H groups in total. The minimum atomic E-state index is -1.00. The lowest BCUT2D eigenvalue weighted by molar-refractivity contribution is -0.523. The van der Waals surface area contributed by atoms with Gasteiger partial charge in [0.05, 0.1) is 0 Å². The molecule has 116 valence electrons. The van der Waals surface area contributed by atoms with Crippen LogP contribution in [0.15, 0.2) is 24.3 Å². The summed E-state index contributed by atoms with van der Waals surface area (Å²) in [7, 11) is 0. The van der Waals surface area contributed by atoms with Crippen LogP contribution >= 0.6 is 11.6 Å². The molecule has 1 aromatic carbocycles. The largest absolute Gasteiger partial charge is 0.444 e. The second kappa shape index (κ2) is 6.76. The average Bonchev–Trinajstić information content (AvgIpc) is 2.34. The molecule has 0 unspecified atom stereocenters. The van der Waals surface area contributed by atoms with Gasteiger partial charge in [0, 0.05) is 16.9 Å². The molecule has 0 heterocycles. The van der Waals surface area contributed by atoms with Crippen molar-refractivity contribution in [2.75, 3.05) is 0 Å². The first kappa shape index (κ1) is 17.2. The molecule has 0 aromatic heterocycles. The minimum absolute atomic E-state index is 0.448. The first-order valence-corrected chi connectivity index (χ1v) is 6.86. The van der Waals surface area contributed by atoms with Gasteiger partial charge < -0.3 is 10.1 Å². The van der Waals surface area contributed by atoms with Crippen LogP contribution in [0.4, 0.5) is 4.79 Å². The number of carbonyl (C=O) groups excluding carboxylic acids is 1. The Bertz CT molecular complexity index is 511. The number of hydrogen-bond donors (Lipinski definition) is 1. The number of hydrogen-bond acceptors (Lipinski definition) is 4. The summed E-state index contributed by atoms with van der Waals surface area (Å²) in [6.45, 7) is 6.60. The molecule has 0 aliphatic heterocycles. The van der Waals surface area contributed by atoms with E-state index in [0.29, 0.717) is 10.6 Å². The van der Waals surface area contributed by atoms with Crippen molar-refractivity contribution in [3.63, 3.8) is 0 Å². The van der Waals surface area contributed by atoms with E-state index in [4.69, 9.17) is 16.3 Å². The van der Waals surface area contributed by atoms with Crippen molar-refractivity contribution >= 4 is 17.7 Å². The monoisotopic (exact) mass is 314 g/mol. The van der Waals surface area contributed by atoms with Gasteiger partial charge in [-0.3, -0.25) is 10.1 Å². The Morgan fingerprint density at radius 3 is 2.29 bits per heavy atom. The fourth-order valence-electron chi connectivity index (χ4n) is 1.71. The van der Waals surface area contributed by atoms with Crippen LogP contribution in [0.25, 0.3) is 0 Å². The highest BCUT2D eigenvalue weighted by atomic mass is 35.5. The molecule has 7 heteroatoms. The van der Waals surface area contributed by atoms with Gasteiger partial charge in [0.1, 0.15) is 11.6 Å². The first-order chi connectivity index (χ1) is 9.60. The maximum Gasteiger partial charge on any atom is 0.408 e. The summed E-state index contributed by atoms with van der Waals surface area (Å²) in [6.07, 6.45) is -0.698. The number of rotatable bonds is 4. The zero-order chi connectivity index (χ0) is 16.2. The molecule has 2 atom stereocenters. The number of ether oxygens (including phenoxy) is 1. The van der Waals surface area contributed by atoms with E-state index in [1.54, 1.807) is 45.0 Å². The lowest BCUT2D eigenvalue weighted by atomic mass is 10.0. The van der Waals surface area contributed by atoms with Crippen molar-refractivity contribution in [3.05, 3.63) is 45.0 Å². The Morgan fingerprint density at radius 2 is 1.86 bits per heavy atom. The summed E-state index contributed by atoms with van der Waals surface area (Å²) in [5.74, 6) is 0. The molecule has 1 rings (SSSR count). The molecule has 0 bridgehead atoms. The van der Waals surface area contributed by atoms with Gasteiger partial charge in [-0.05, 0) is 38.5 Å². The highest BCUT2D eigenvalue weighted by molar-refractivity contribution is 6.30. The fourth-order valence-corrected chi connectivity index (χ4v) is 1.83. The highest BCUT2D eigenvalue weighted by Crippen LogP contribution is 2.22. The van der Waals surface area contributed by atoms with E-state index in [9.17, 15) is 14.9 Å². The van der Waals surface area contributed by atoms with Crippen LogP contribution in [0, 0.1) is 10.1 Å². The van der Waals surface area contributed by atoms with E-state index in [1.165, 1.54) is 6.92 Å². The highest BCUT2D eigenvalue weighted by Gasteiger charge is 2.31. The van der Waals surface area contributed by atoms with Gasteiger partial charge in [0.15, 0.2) is 0 Å². The number of nitro groups is 1. The third kappa shape index (κ3) is 5.59. The molecule has 21 heavy (non-hydrogen) atoms. The SMILES string of the molecule is C[C@H]([C@H](NC(=O)OC(C)(C)C)c1ccc(Cl)cc1)[N+](=O)[O-]. The summed E-state index contributed by atoms with van der Waals surface area (Å²) >= 11 is 5.81. The summed E-state index contributed by atoms with van der Waals surface area (Å²) in [6, 6.07) is 4.72. The number of benzene rings is 1. The normalized spacial score (nSPS) is 14.1. The molecular formula is C14H19ClN2O4. The Hall–Kier alpha value is -1.82. The van der Waals surface area contributed by atoms with E-state index in [2.05, 4.69) is 5.32 Å². The zero-order valence-electron chi connectivity index (χ0n) is 12.4. The van der Waals surface area contributed by atoms with Crippen LogP contribution in [0.5, 0.6) is 0 Å². The standard InChI is InChI=1S/C14H19ClN2O4/c1-9(17(19)20)12(10-5-7-11(15)8-6-10)16-13(18)21-14(2,3)4/h5-9,12H,1-4H3,(H,16,18)/t9-,12+/m1/s1. The number of nitrogens with zero attached hydrogens (tertiary/aromatic N) is 1. The van der Waals surface area contributed by atoms with Crippen molar-refractivity contribution in [2.24, 2.45) is 0 Å². The second-order valence-corrected chi connectivity index (χ2v) is 6.14. The molecule has 0 aliphatic carbocycles. The third-order valence-corrected chi connectivity index (χ3v) is 2.97. The predicted octanol–water partition coefficient (Wildman–Crippen LogP) is 3.57. The number of alkyl carbamates (subject to hydrolysis) is 1. The summed E-state index contributed by atoms with van der Waals surface area (Å²) < 4.78 is 5.14. The van der Waals surface area contributed by atoms with Crippen molar-refractivity contribution in [2.45, 2.75) is 45.4 Å². The van der Waals surface area contributed by atoms with Crippen LogP contribution < -0.4 is 5.32 Å². The third-order valence-electron chi connectivity index (χ3n) is 2.72. The maximum absolute atomic E-state index is 11.9. The van der Waals surface area contributed by atoms with Gasteiger partial charge in [-0.15, -0.1) is 0 Å². The zero-order valence-corrected chi connectivity index (χ0v) is 13.2. The average molecular weight is 315 g/mol. The molecule has 0 radical (unpaired) electrons. The van der Waals surface area contributed by atoms with Gasteiger partial charge in [-0.25, -0.2) is 4.79 Å². The Kier molecular flexibility index (Phi) is 5.54. The van der Waals surface area contributed by atoms with Gasteiger partial charge in [-0.1, -0.05) is 23.7 Å². The van der Waals surface area contributed by atoms with E-state index >= 15 is 0 Å². The molecule has 1 amide bonds. The van der Waals surface area contributed by atoms with E-state index < -0.39 is 28.7 Å². The molecule has 0 aliphatic rings. The van der Waals surface area contributed by atoms with Gasteiger partial charge in [0.25, 0.3) is 0 Å². The molecule has 0 saturated heterocycles. The van der Waals surface area contributed by atoms with Crippen LogP contribution in [-0.4, -0.2) is 22.7 Å². The smallest absolute Gasteiger partial charge is 0.408 e. The van der Waals surface area contributed by atoms with Gasteiger partial charge >= 0.3 is 6.09 Å². The predicted molar refractivity (Wildman–Crippen MR) is 80.0 cm³/mol. The van der Waals surface area contributed by atoms with E-state index in [0.717, 1.165) is 0 Å². The lowest BCUT2D eigenvalue weighted by Crippen LogP contribution is -2.41. The molecule has 6 nitrogen and oxygen atoms in total. The van der Waals surface area contributed by atoms with Gasteiger partial charge in [0.2, 0.25) is 6.04 Å². The van der Waals surface area contributed by atoms with Crippen LogP contribution in [0.3, 0.4) is 0 Å². The Morgan fingerprint density at radius 1 is 1.33 bits per heavy atom. The van der Waals surface area contributed by atoms with Crippen LogP contribution in [0.1, 0.15) is 39.3 Å². The minimum Gasteiger partial charge on any atom is -0.444 e. The van der Waals surface area contributed by atoms with E-state index in [-0.39, 0.29) is 0 Å². The Labute approximate surface area is 128 Å². The van der Waals surface area contributed by atoms with Crippen LogP contribution in [0.2, 0.25) is 5.02 Å². The van der Waals surface area contributed by atoms with Crippen molar-refractivity contribution in [1.29, 1.82) is 0 Å². The molecule has 0 spiro atoms. The maximum atomic E-state index is 11.9. The van der Waals surface area contributed by atoms with Crippen molar-refractivity contribution in [1.82, 2.24) is 5.32 Å². The molecule has 1 aromatic rings. The summed E-state index contributed by atoms with van der Waals surface area (Å²) in [5, 5.41) is 14.1. The Balaban J connectivity index is 2.95. The lowest BCUT2D eigenvalue weighted by Gasteiger charge is -2.24. The number of nitrogens with one attached hydrogen (secondary N) is 1.